The number of allylic oxidation sites excluding steroid dienone is 1. The van der Waals surface area contributed by atoms with Crippen LogP contribution in [0, 0.1) is 0 Å². The lowest BCUT2D eigenvalue weighted by atomic mass is 9.85. The van der Waals surface area contributed by atoms with Crippen molar-refractivity contribution in [1.82, 2.24) is 5.32 Å². The maximum absolute atomic E-state index is 12.9. The first-order chi connectivity index (χ1) is 25.9. The quantitative estimate of drug-likeness (QED) is 0.0182. The maximum atomic E-state index is 12.9. The Morgan fingerprint density at radius 2 is 0.981 bits per heavy atom. The molecule has 8 N–H and O–H groups in total. The molecule has 1 rings (SSSR count). The molecule has 0 spiro atoms. The lowest BCUT2D eigenvalue weighted by Gasteiger charge is -2.41. The molecule has 12 nitrogen and oxygen atoms in total. The second kappa shape index (κ2) is 32.1. The largest absolute Gasteiger partial charge is 0.472 e. The fraction of sp³-hybridized carbons (Fsp3) is 0.927. The Bertz CT molecular complexity index is 973. The van der Waals surface area contributed by atoms with Crippen LogP contribution in [0.25, 0.3) is 0 Å². The van der Waals surface area contributed by atoms with Crippen LogP contribution in [-0.2, 0) is 18.4 Å². The van der Waals surface area contributed by atoms with Crippen molar-refractivity contribution in [2.75, 3.05) is 6.61 Å². The molecule has 0 radical (unpaired) electrons. The Kier molecular flexibility index (Phi) is 30.4. The van der Waals surface area contributed by atoms with Crippen molar-refractivity contribution in [2.24, 2.45) is 0 Å². The van der Waals surface area contributed by atoms with Crippen LogP contribution in [0.3, 0.4) is 0 Å². The number of phosphoric acid groups is 1. The molecule has 0 aromatic carbocycles. The number of unbranched alkanes of at least 4 members (excludes halogenated alkanes) is 24. The summed E-state index contributed by atoms with van der Waals surface area (Å²) in [5.74, 6) is -0.340. The van der Waals surface area contributed by atoms with Crippen molar-refractivity contribution >= 4 is 13.7 Å². The number of carbonyl (C=O) groups excluding carboxylic acids is 1. The Labute approximate surface area is 327 Å². The number of aliphatic hydroxyl groups excluding tert-OH is 6. The highest BCUT2D eigenvalue weighted by atomic mass is 31.2. The standard InChI is InChI=1S/C41H80NO11P/c1-3-5-7-9-11-13-15-17-18-19-21-23-25-27-29-31-35(44)42-33(34(43)30-28-26-24-22-20-16-14-12-10-8-6-4-2)32-52-54(50,51)53-41-39(48)37(46)36(45)38(47)40(41)49/h28,30,33-34,36-41,43,45-49H,3-27,29,31-32H2,1-2H3,(H,42,44)(H,50,51)/b30-28+/t33-,34+,36?,37+,38?,39?,40?,41?/m0/s1. The molecule has 0 bridgehead atoms. The average molecular weight is 794 g/mol. The molecule has 0 aromatic heterocycles. The smallest absolute Gasteiger partial charge is 0.387 e. The topological polar surface area (TPSA) is 206 Å². The fourth-order valence-electron chi connectivity index (χ4n) is 6.96. The Morgan fingerprint density at radius 3 is 1.41 bits per heavy atom. The predicted octanol–water partition coefficient (Wildman–Crippen LogP) is 7.28. The van der Waals surface area contributed by atoms with Gasteiger partial charge in [0.1, 0.15) is 36.6 Å². The van der Waals surface area contributed by atoms with Crippen molar-refractivity contribution < 1.29 is 53.9 Å². The summed E-state index contributed by atoms with van der Waals surface area (Å²) >= 11 is 0. The van der Waals surface area contributed by atoms with E-state index in [1.54, 1.807) is 0 Å². The van der Waals surface area contributed by atoms with Crippen molar-refractivity contribution in [3.8, 4) is 0 Å². The van der Waals surface area contributed by atoms with Crippen LogP contribution in [0.1, 0.15) is 187 Å². The van der Waals surface area contributed by atoms with Gasteiger partial charge in [0.2, 0.25) is 5.91 Å². The van der Waals surface area contributed by atoms with Gasteiger partial charge in [0.25, 0.3) is 0 Å². The van der Waals surface area contributed by atoms with Crippen molar-refractivity contribution in [3.63, 3.8) is 0 Å². The Balaban J connectivity index is 2.53. The molecule has 1 amide bonds. The number of hydrogen-bond donors (Lipinski definition) is 8. The summed E-state index contributed by atoms with van der Waals surface area (Å²) in [6.45, 7) is 3.82. The molecular formula is C41H80NO11P. The van der Waals surface area contributed by atoms with E-state index in [1.807, 2.05) is 6.08 Å². The van der Waals surface area contributed by atoms with E-state index >= 15 is 0 Å². The Hall–Kier alpha value is -0.920. The zero-order chi connectivity index (χ0) is 40.0. The third-order valence-electron chi connectivity index (χ3n) is 10.6. The van der Waals surface area contributed by atoms with Gasteiger partial charge in [-0.15, -0.1) is 0 Å². The zero-order valence-electron chi connectivity index (χ0n) is 33.8. The summed E-state index contributed by atoms with van der Waals surface area (Å²) in [6.07, 6.45) is 21.4. The highest BCUT2D eigenvalue weighted by molar-refractivity contribution is 7.47. The molecular weight excluding hydrogens is 713 g/mol. The molecule has 0 heterocycles. The molecule has 0 saturated heterocycles. The van der Waals surface area contributed by atoms with Crippen molar-refractivity contribution in [3.05, 3.63) is 12.2 Å². The highest BCUT2D eigenvalue weighted by Gasteiger charge is 2.51. The molecule has 9 atom stereocenters. The average Bonchev–Trinajstić information content (AvgIpc) is 3.15. The van der Waals surface area contributed by atoms with Gasteiger partial charge in [-0.05, 0) is 19.3 Å². The normalized spacial score (nSPS) is 24.1. The molecule has 54 heavy (non-hydrogen) atoms. The first kappa shape index (κ1) is 51.1. The van der Waals surface area contributed by atoms with Crippen LogP contribution in [0.15, 0.2) is 12.2 Å². The molecule has 0 aromatic rings. The van der Waals surface area contributed by atoms with Crippen LogP contribution < -0.4 is 5.32 Å². The summed E-state index contributed by atoms with van der Waals surface area (Å²) in [6, 6.07) is -1.11. The van der Waals surface area contributed by atoms with E-state index < -0.39 is 63.2 Å². The minimum Gasteiger partial charge on any atom is -0.387 e. The van der Waals surface area contributed by atoms with Gasteiger partial charge in [0, 0.05) is 6.42 Å². The monoisotopic (exact) mass is 794 g/mol. The van der Waals surface area contributed by atoms with E-state index in [-0.39, 0.29) is 12.3 Å². The van der Waals surface area contributed by atoms with E-state index in [1.165, 1.54) is 122 Å². The first-order valence-corrected chi connectivity index (χ1v) is 23.1. The summed E-state index contributed by atoms with van der Waals surface area (Å²) in [5.41, 5.74) is 0. The van der Waals surface area contributed by atoms with Gasteiger partial charge in [0.15, 0.2) is 0 Å². The van der Waals surface area contributed by atoms with Gasteiger partial charge in [-0.25, -0.2) is 4.57 Å². The van der Waals surface area contributed by atoms with Gasteiger partial charge < -0.3 is 40.8 Å². The number of amides is 1. The summed E-state index contributed by atoms with van der Waals surface area (Å²) in [7, 11) is -5.07. The number of phosphoric ester groups is 1. The molecule has 1 saturated carbocycles. The van der Waals surface area contributed by atoms with Gasteiger partial charge in [-0.2, -0.15) is 0 Å². The molecule has 1 aliphatic rings. The molecule has 320 valence electrons. The second-order valence-corrected chi connectivity index (χ2v) is 17.0. The molecule has 6 unspecified atom stereocenters. The Morgan fingerprint density at radius 1 is 0.611 bits per heavy atom. The van der Waals surface area contributed by atoms with E-state index in [4.69, 9.17) is 9.05 Å². The maximum Gasteiger partial charge on any atom is 0.472 e. The molecule has 0 aliphatic heterocycles. The van der Waals surface area contributed by atoms with E-state index in [0.29, 0.717) is 6.42 Å². The van der Waals surface area contributed by atoms with E-state index in [9.17, 15) is 44.9 Å². The van der Waals surface area contributed by atoms with Crippen LogP contribution in [0.2, 0.25) is 0 Å². The van der Waals surface area contributed by atoms with Crippen LogP contribution in [0.4, 0.5) is 0 Å². The minimum absolute atomic E-state index is 0.218. The minimum atomic E-state index is -5.07. The summed E-state index contributed by atoms with van der Waals surface area (Å²) in [5, 5.41) is 63.8. The zero-order valence-corrected chi connectivity index (χ0v) is 34.7. The van der Waals surface area contributed by atoms with Gasteiger partial charge in [0.05, 0.1) is 18.8 Å². The van der Waals surface area contributed by atoms with Crippen LogP contribution in [-0.4, -0.2) is 96.8 Å². The first-order valence-electron chi connectivity index (χ1n) is 21.6. The third-order valence-corrected chi connectivity index (χ3v) is 11.6. The highest BCUT2D eigenvalue weighted by Crippen LogP contribution is 2.47. The lowest BCUT2D eigenvalue weighted by molar-refractivity contribution is -0.220. The predicted molar refractivity (Wildman–Crippen MR) is 214 cm³/mol. The van der Waals surface area contributed by atoms with Crippen LogP contribution >= 0.6 is 7.82 Å². The molecule has 1 fully saturated rings. The number of carbonyl (C=O) groups is 1. The number of nitrogens with one attached hydrogen (secondary N) is 1. The molecule has 1 aliphatic carbocycles. The lowest BCUT2D eigenvalue weighted by Crippen LogP contribution is -2.64. The van der Waals surface area contributed by atoms with Gasteiger partial charge in [-0.3, -0.25) is 13.8 Å². The van der Waals surface area contributed by atoms with E-state index in [0.717, 1.165) is 44.9 Å². The number of aliphatic hydroxyl groups is 6. The van der Waals surface area contributed by atoms with Crippen molar-refractivity contribution in [1.29, 1.82) is 0 Å². The SMILES string of the molecule is CCCCCCCCCCCC/C=C/[C@@H](O)[C@H](COP(=O)(O)OC1C(O)C(O)C(O)[C@@H](O)C1O)NC(=O)CCCCCCCCCCCCCCCCC. The van der Waals surface area contributed by atoms with Gasteiger partial charge in [-0.1, -0.05) is 174 Å². The number of hydrogen-bond acceptors (Lipinski definition) is 10. The number of rotatable bonds is 35. The fourth-order valence-corrected chi connectivity index (χ4v) is 7.93. The molecule has 13 heteroatoms. The van der Waals surface area contributed by atoms with E-state index in [2.05, 4.69) is 19.2 Å². The van der Waals surface area contributed by atoms with Crippen LogP contribution in [0.5, 0.6) is 0 Å². The summed E-state index contributed by atoms with van der Waals surface area (Å²) in [4.78, 5) is 23.3. The van der Waals surface area contributed by atoms with Gasteiger partial charge >= 0.3 is 7.82 Å². The summed E-state index contributed by atoms with van der Waals surface area (Å²) < 4.78 is 22.8. The third kappa shape index (κ3) is 24.0. The van der Waals surface area contributed by atoms with Crippen molar-refractivity contribution in [2.45, 2.75) is 236 Å². The second-order valence-electron chi connectivity index (χ2n) is 15.6.